The molecule has 1 heterocycles. The van der Waals surface area contributed by atoms with Crippen molar-refractivity contribution in [2.75, 3.05) is 14.2 Å². The van der Waals surface area contributed by atoms with Gasteiger partial charge < -0.3 is 14.2 Å². The van der Waals surface area contributed by atoms with Crippen molar-refractivity contribution in [2.24, 2.45) is 0 Å². The highest BCUT2D eigenvalue weighted by Gasteiger charge is 2.56. The molecule has 0 saturated carbocycles. The van der Waals surface area contributed by atoms with Crippen LogP contribution < -0.4 is 0 Å². The number of methoxy groups -OCH3 is 2. The Hall–Kier alpha value is -2.18. The molecule has 6 nitrogen and oxygen atoms in total. The lowest BCUT2D eigenvalue weighted by Gasteiger charge is -2.24. The number of rotatable bonds is 4. The average Bonchev–Trinajstić information content (AvgIpc) is 2.79. The van der Waals surface area contributed by atoms with Crippen LogP contribution in [0.2, 0.25) is 0 Å². The van der Waals surface area contributed by atoms with Gasteiger partial charge in [0.05, 0.1) is 13.2 Å². The molecule has 1 fully saturated rings. The molecule has 1 aromatic rings. The summed E-state index contributed by atoms with van der Waals surface area (Å²) in [4.78, 5) is 24.1. The third kappa shape index (κ3) is 2.88. The Kier molecular flexibility index (Phi) is 4.35. The third-order valence-electron chi connectivity index (χ3n) is 3.26. The molecular formula is C16H18O6. The van der Waals surface area contributed by atoms with Gasteiger partial charge in [-0.1, -0.05) is 30.3 Å². The fraction of sp³-hybridized carbons (Fsp3) is 0.375. The van der Waals surface area contributed by atoms with Gasteiger partial charge in [0.15, 0.2) is 0 Å². The standard InChI is InChI=1S/C16H18O6/c1-15(2)12(10-13(17)19-3)21-16(20-4,22-15)14(18)11-8-6-5-7-9-11/h5-10H,1-4H3/b12-10+. The minimum absolute atomic E-state index is 0.158. The molecule has 0 amide bonds. The second-order valence-electron chi connectivity index (χ2n) is 5.20. The quantitative estimate of drug-likeness (QED) is 0.482. The maximum Gasteiger partial charge on any atom is 0.396 e. The van der Waals surface area contributed by atoms with Crippen LogP contribution in [0, 0.1) is 0 Å². The van der Waals surface area contributed by atoms with Crippen molar-refractivity contribution in [3.05, 3.63) is 47.7 Å². The monoisotopic (exact) mass is 306 g/mol. The number of ether oxygens (including phenoxy) is 4. The highest BCUT2D eigenvalue weighted by Crippen LogP contribution is 2.41. The van der Waals surface area contributed by atoms with Crippen molar-refractivity contribution in [3.8, 4) is 0 Å². The number of carbonyl (C=O) groups is 2. The van der Waals surface area contributed by atoms with Gasteiger partial charge in [0.2, 0.25) is 0 Å². The summed E-state index contributed by atoms with van der Waals surface area (Å²) >= 11 is 0. The zero-order valence-corrected chi connectivity index (χ0v) is 12.9. The molecule has 1 saturated heterocycles. The first kappa shape index (κ1) is 16.2. The van der Waals surface area contributed by atoms with Crippen molar-refractivity contribution < 1.29 is 28.5 Å². The van der Waals surface area contributed by atoms with E-state index in [2.05, 4.69) is 4.74 Å². The zero-order chi connectivity index (χ0) is 16.4. The van der Waals surface area contributed by atoms with E-state index in [0.29, 0.717) is 5.56 Å². The molecule has 0 N–H and O–H groups in total. The number of benzene rings is 1. The molecular weight excluding hydrogens is 288 g/mol. The zero-order valence-electron chi connectivity index (χ0n) is 12.9. The number of ketones is 1. The molecule has 1 aliphatic heterocycles. The summed E-state index contributed by atoms with van der Waals surface area (Å²) in [6, 6.07) is 8.50. The predicted molar refractivity (Wildman–Crippen MR) is 76.9 cm³/mol. The van der Waals surface area contributed by atoms with Gasteiger partial charge in [-0.3, -0.25) is 9.53 Å². The normalized spacial score (nSPS) is 24.8. The van der Waals surface area contributed by atoms with Crippen LogP contribution in [0.15, 0.2) is 42.2 Å². The van der Waals surface area contributed by atoms with E-state index in [1.165, 1.54) is 14.2 Å². The van der Waals surface area contributed by atoms with E-state index in [1.54, 1.807) is 44.2 Å². The number of Topliss-reactive ketones (excluding diaryl/α,β-unsaturated/α-hetero) is 1. The Morgan fingerprint density at radius 1 is 1.14 bits per heavy atom. The number of hydrogen-bond acceptors (Lipinski definition) is 6. The maximum absolute atomic E-state index is 12.7. The van der Waals surface area contributed by atoms with Crippen molar-refractivity contribution in [1.29, 1.82) is 0 Å². The summed E-state index contributed by atoms with van der Waals surface area (Å²) in [5, 5.41) is 0. The summed E-state index contributed by atoms with van der Waals surface area (Å²) in [5.74, 6) is -2.86. The van der Waals surface area contributed by atoms with Gasteiger partial charge in [0.25, 0.3) is 5.78 Å². The second-order valence-corrected chi connectivity index (χ2v) is 5.20. The number of hydrogen-bond donors (Lipinski definition) is 0. The second kappa shape index (κ2) is 5.90. The summed E-state index contributed by atoms with van der Waals surface area (Å²) < 4.78 is 21.0. The Bertz CT molecular complexity index is 604. The molecule has 1 aromatic carbocycles. The smallest absolute Gasteiger partial charge is 0.396 e. The molecule has 1 atom stereocenters. The molecule has 0 aromatic heterocycles. The van der Waals surface area contributed by atoms with E-state index in [9.17, 15) is 9.59 Å². The lowest BCUT2D eigenvalue weighted by Crippen LogP contribution is -2.43. The van der Waals surface area contributed by atoms with Crippen LogP contribution in [0.1, 0.15) is 24.2 Å². The SMILES string of the molecule is COC(=O)/C=C1/OC(OC)(C(=O)c2ccccc2)OC1(C)C. The van der Waals surface area contributed by atoms with Gasteiger partial charge in [-0.25, -0.2) is 4.79 Å². The van der Waals surface area contributed by atoms with Crippen LogP contribution >= 0.6 is 0 Å². The molecule has 6 heteroatoms. The predicted octanol–water partition coefficient (Wildman–Crippen LogP) is 2.05. The Labute approximate surface area is 128 Å². The van der Waals surface area contributed by atoms with Crippen molar-refractivity contribution in [3.63, 3.8) is 0 Å². The molecule has 118 valence electrons. The van der Waals surface area contributed by atoms with Crippen LogP contribution in [0.4, 0.5) is 0 Å². The van der Waals surface area contributed by atoms with Crippen LogP contribution in [0.5, 0.6) is 0 Å². The Balaban J connectivity index is 2.39. The van der Waals surface area contributed by atoms with E-state index in [0.717, 1.165) is 6.08 Å². The molecule has 0 bridgehead atoms. The maximum atomic E-state index is 12.7. The van der Waals surface area contributed by atoms with Gasteiger partial charge in [-0.15, -0.1) is 0 Å². The molecule has 0 spiro atoms. The lowest BCUT2D eigenvalue weighted by atomic mass is 10.1. The van der Waals surface area contributed by atoms with Crippen molar-refractivity contribution in [1.82, 2.24) is 0 Å². The molecule has 0 radical (unpaired) electrons. The Morgan fingerprint density at radius 2 is 1.77 bits per heavy atom. The molecule has 2 rings (SSSR count). The van der Waals surface area contributed by atoms with Gasteiger partial charge in [-0.2, -0.15) is 0 Å². The molecule has 22 heavy (non-hydrogen) atoms. The molecule has 1 unspecified atom stereocenters. The highest BCUT2D eigenvalue weighted by molar-refractivity contribution is 6.01. The summed E-state index contributed by atoms with van der Waals surface area (Å²) in [6.07, 6.45) is 1.14. The van der Waals surface area contributed by atoms with Gasteiger partial charge in [-0.05, 0) is 13.8 Å². The summed E-state index contributed by atoms with van der Waals surface area (Å²) in [7, 11) is 2.55. The fourth-order valence-corrected chi connectivity index (χ4v) is 2.08. The minimum atomic E-state index is -1.93. The van der Waals surface area contributed by atoms with Crippen molar-refractivity contribution >= 4 is 11.8 Å². The number of esters is 1. The molecule has 1 aliphatic rings. The summed E-state index contributed by atoms with van der Waals surface area (Å²) in [5.41, 5.74) is -0.645. The van der Waals surface area contributed by atoms with Crippen LogP contribution in [-0.4, -0.2) is 37.5 Å². The number of carbonyl (C=O) groups excluding carboxylic acids is 2. The summed E-state index contributed by atoms with van der Waals surface area (Å²) in [6.45, 7) is 3.33. The first-order valence-electron chi connectivity index (χ1n) is 6.69. The largest absolute Gasteiger partial charge is 0.466 e. The van der Waals surface area contributed by atoms with Crippen LogP contribution in [-0.2, 0) is 23.7 Å². The van der Waals surface area contributed by atoms with Crippen LogP contribution in [0.25, 0.3) is 0 Å². The van der Waals surface area contributed by atoms with Gasteiger partial charge in [0.1, 0.15) is 11.4 Å². The van der Waals surface area contributed by atoms with Crippen molar-refractivity contribution in [2.45, 2.75) is 25.4 Å². The van der Waals surface area contributed by atoms with Gasteiger partial charge in [0, 0.05) is 12.7 Å². The topological polar surface area (TPSA) is 71.1 Å². The van der Waals surface area contributed by atoms with E-state index in [-0.39, 0.29) is 5.76 Å². The Morgan fingerprint density at radius 3 is 2.32 bits per heavy atom. The van der Waals surface area contributed by atoms with E-state index in [1.807, 2.05) is 0 Å². The highest BCUT2D eigenvalue weighted by atomic mass is 16.9. The molecule has 0 aliphatic carbocycles. The first-order chi connectivity index (χ1) is 10.3. The van der Waals surface area contributed by atoms with E-state index < -0.39 is 23.3 Å². The lowest BCUT2D eigenvalue weighted by molar-refractivity contribution is -0.290. The fourth-order valence-electron chi connectivity index (χ4n) is 2.08. The third-order valence-corrected chi connectivity index (χ3v) is 3.26. The minimum Gasteiger partial charge on any atom is -0.466 e. The van der Waals surface area contributed by atoms with Crippen LogP contribution in [0.3, 0.4) is 0 Å². The average molecular weight is 306 g/mol. The first-order valence-corrected chi connectivity index (χ1v) is 6.69. The van der Waals surface area contributed by atoms with Gasteiger partial charge >= 0.3 is 11.9 Å². The van der Waals surface area contributed by atoms with E-state index >= 15 is 0 Å². The van der Waals surface area contributed by atoms with E-state index in [4.69, 9.17) is 14.2 Å².